The number of rotatable bonds is 1. The molecule has 0 unspecified atom stereocenters. The lowest BCUT2D eigenvalue weighted by molar-refractivity contribution is 0.738. The number of halogens is 1. The van der Waals surface area contributed by atoms with Crippen LogP contribution in [0.25, 0.3) is 0 Å². The maximum atomic E-state index is 6.02. The zero-order chi connectivity index (χ0) is 8.55. The molecule has 0 bridgehead atoms. The summed E-state index contributed by atoms with van der Waals surface area (Å²) in [4.78, 5) is 2.79. The van der Waals surface area contributed by atoms with Gasteiger partial charge in [0.1, 0.15) is 0 Å². The van der Waals surface area contributed by atoms with Gasteiger partial charge in [0.2, 0.25) is 0 Å². The van der Waals surface area contributed by atoms with E-state index < -0.39 is 0 Å². The Labute approximate surface area is 82.6 Å². The molecular weight excluding hydrogens is 188 g/mol. The molecular formula is C10H13ClS. The molecule has 0 aromatic carbocycles. The molecule has 1 aromatic heterocycles. The van der Waals surface area contributed by atoms with Gasteiger partial charge in [-0.05, 0) is 31.7 Å². The first-order valence-corrected chi connectivity index (χ1v) is 5.72. The molecule has 2 heteroatoms. The van der Waals surface area contributed by atoms with Gasteiger partial charge in [-0.1, -0.05) is 24.4 Å². The fraction of sp³-hybridized carbons (Fsp3) is 0.600. The van der Waals surface area contributed by atoms with Gasteiger partial charge in [-0.3, -0.25) is 0 Å². The first-order valence-electron chi connectivity index (χ1n) is 4.53. The summed E-state index contributed by atoms with van der Waals surface area (Å²) in [5.74, 6) is 0.821. The van der Waals surface area contributed by atoms with Crippen LogP contribution >= 0.6 is 22.9 Å². The van der Waals surface area contributed by atoms with Crippen LogP contribution in [0.2, 0.25) is 5.02 Å². The van der Waals surface area contributed by atoms with E-state index in [1.54, 1.807) is 0 Å². The topological polar surface area (TPSA) is 0 Å². The summed E-state index contributed by atoms with van der Waals surface area (Å²) in [5.41, 5.74) is 0. The van der Waals surface area contributed by atoms with E-state index in [-0.39, 0.29) is 0 Å². The second-order valence-corrected chi connectivity index (χ2v) is 5.23. The van der Waals surface area contributed by atoms with Crippen LogP contribution in [-0.2, 0) is 0 Å². The van der Waals surface area contributed by atoms with E-state index in [0.29, 0.717) is 0 Å². The zero-order valence-electron chi connectivity index (χ0n) is 7.27. The van der Waals surface area contributed by atoms with E-state index in [1.165, 1.54) is 35.4 Å². The van der Waals surface area contributed by atoms with Crippen molar-refractivity contribution in [2.45, 2.75) is 38.5 Å². The summed E-state index contributed by atoms with van der Waals surface area (Å²) in [6.07, 6.45) is 5.55. The molecule has 1 fully saturated rings. The van der Waals surface area contributed by atoms with Crippen molar-refractivity contribution in [3.05, 3.63) is 20.8 Å². The van der Waals surface area contributed by atoms with Crippen LogP contribution in [0.3, 0.4) is 0 Å². The molecule has 0 amide bonds. The molecule has 0 N–H and O–H groups in total. The molecule has 1 heterocycles. The predicted octanol–water partition coefficient (Wildman–Crippen LogP) is 4.37. The lowest BCUT2D eigenvalue weighted by Gasteiger charge is -2.03. The van der Waals surface area contributed by atoms with E-state index in [9.17, 15) is 0 Å². The van der Waals surface area contributed by atoms with E-state index in [0.717, 1.165) is 10.9 Å². The van der Waals surface area contributed by atoms with Gasteiger partial charge in [0, 0.05) is 9.75 Å². The van der Waals surface area contributed by atoms with E-state index >= 15 is 0 Å². The van der Waals surface area contributed by atoms with Crippen molar-refractivity contribution in [3.63, 3.8) is 0 Å². The van der Waals surface area contributed by atoms with Crippen molar-refractivity contribution in [1.29, 1.82) is 0 Å². The van der Waals surface area contributed by atoms with E-state index in [1.807, 2.05) is 11.3 Å². The molecule has 1 aliphatic carbocycles. The molecule has 2 rings (SSSR count). The third-order valence-corrected chi connectivity index (χ3v) is 4.35. The predicted molar refractivity (Wildman–Crippen MR) is 55.3 cm³/mol. The van der Waals surface area contributed by atoms with Gasteiger partial charge in [-0.25, -0.2) is 0 Å². The van der Waals surface area contributed by atoms with Crippen LogP contribution < -0.4 is 0 Å². The fourth-order valence-corrected chi connectivity index (χ4v) is 3.28. The number of thiophene rings is 1. The van der Waals surface area contributed by atoms with E-state index in [4.69, 9.17) is 11.6 Å². The average Bonchev–Trinajstić information content (AvgIpc) is 2.61. The Morgan fingerprint density at radius 2 is 2.08 bits per heavy atom. The molecule has 0 radical (unpaired) electrons. The second kappa shape index (κ2) is 3.39. The summed E-state index contributed by atoms with van der Waals surface area (Å²) >= 11 is 7.90. The Balaban J connectivity index is 2.21. The van der Waals surface area contributed by atoms with Crippen molar-refractivity contribution < 1.29 is 0 Å². The van der Waals surface area contributed by atoms with Gasteiger partial charge in [-0.2, -0.15) is 0 Å². The Hall–Kier alpha value is -0.0100. The summed E-state index contributed by atoms with van der Waals surface area (Å²) in [5, 5.41) is 0.960. The van der Waals surface area contributed by atoms with Crippen LogP contribution in [0.1, 0.15) is 41.4 Å². The van der Waals surface area contributed by atoms with Crippen LogP contribution in [0.4, 0.5) is 0 Å². The molecule has 66 valence electrons. The Morgan fingerprint density at radius 1 is 1.42 bits per heavy atom. The Kier molecular flexibility index (Phi) is 2.42. The molecule has 0 aliphatic heterocycles. The summed E-state index contributed by atoms with van der Waals surface area (Å²) in [7, 11) is 0. The molecule has 0 spiro atoms. The molecule has 0 saturated heterocycles. The molecule has 0 atom stereocenters. The maximum absolute atomic E-state index is 6.02. The number of hydrogen-bond acceptors (Lipinski definition) is 1. The SMILES string of the molecule is Cc1sc(C2CCCC2)cc1Cl. The number of aryl methyl sites for hydroxylation is 1. The van der Waals surface area contributed by atoms with Crippen LogP contribution in [-0.4, -0.2) is 0 Å². The average molecular weight is 201 g/mol. The largest absolute Gasteiger partial charge is 0.144 e. The maximum Gasteiger partial charge on any atom is 0.0545 e. The first kappa shape index (κ1) is 8.58. The van der Waals surface area contributed by atoms with Crippen molar-refractivity contribution in [2.75, 3.05) is 0 Å². The minimum absolute atomic E-state index is 0.821. The molecule has 12 heavy (non-hydrogen) atoms. The Bertz CT molecular complexity index is 252. The van der Waals surface area contributed by atoms with Crippen LogP contribution in [0.5, 0.6) is 0 Å². The monoisotopic (exact) mass is 200 g/mol. The van der Waals surface area contributed by atoms with Gasteiger partial charge in [0.15, 0.2) is 0 Å². The molecule has 1 aliphatic rings. The van der Waals surface area contributed by atoms with Crippen molar-refractivity contribution in [3.8, 4) is 0 Å². The van der Waals surface area contributed by atoms with Crippen molar-refractivity contribution >= 4 is 22.9 Å². The van der Waals surface area contributed by atoms with Gasteiger partial charge < -0.3 is 0 Å². The van der Waals surface area contributed by atoms with Gasteiger partial charge in [-0.15, -0.1) is 11.3 Å². The standard InChI is InChI=1S/C10H13ClS/c1-7-9(11)6-10(12-7)8-4-2-3-5-8/h6,8H,2-5H2,1H3. The minimum Gasteiger partial charge on any atom is -0.144 e. The molecule has 1 aromatic rings. The summed E-state index contributed by atoms with van der Waals surface area (Å²) < 4.78 is 0. The van der Waals surface area contributed by atoms with Gasteiger partial charge in [0.05, 0.1) is 5.02 Å². The van der Waals surface area contributed by atoms with Crippen LogP contribution in [0.15, 0.2) is 6.07 Å². The molecule has 0 nitrogen and oxygen atoms in total. The van der Waals surface area contributed by atoms with Crippen molar-refractivity contribution in [2.24, 2.45) is 0 Å². The first-order chi connectivity index (χ1) is 5.77. The number of hydrogen-bond donors (Lipinski definition) is 0. The van der Waals surface area contributed by atoms with Crippen LogP contribution in [0, 0.1) is 6.92 Å². The molecule has 1 saturated carbocycles. The smallest absolute Gasteiger partial charge is 0.0545 e. The highest BCUT2D eigenvalue weighted by molar-refractivity contribution is 7.12. The quantitative estimate of drug-likeness (QED) is 0.632. The normalized spacial score (nSPS) is 18.8. The van der Waals surface area contributed by atoms with E-state index in [2.05, 4.69) is 13.0 Å². The van der Waals surface area contributed by atoms with Gasteiger partial charge in [0.25, 0.3) is 0 Å². The second-order valence-electron chi connectivity index (χ2n) is 3.53. The highest BCUT2D eigenvalue weighted by Gasteiger charge is 2.19. The van der Waals surface area contributed by atoms with Crippen molar-refractivity contribution in [1.82, 2.24) is 0 Å². The summed E-state index contributed by atoms with van der Waals surface area (Å²) in [6, 6.07) is 2.16. The lowest BCUT2D eigenvalue weighted by Crippen LogP contribution is -1.85. The lowest BCUT2D eigenvalue weighted by atomic mass is 10.1. The third-order valence-electron chi connectivity index (χ3n) is 2.63. The minimum atomic E-state index is 0.821. The third kappa shape index (κ3) is 1.53. The fourth-order valence-electron chi connectivity index (χ4n) is 1.89. The Morgan fingerprint density at radius 3 is 2.58 bits per heavy atom. The highest BCUT2D eigenvalue weighted by Crippen LogP contribution is 2.39. The van der Waals surface area contributed by atoms with Gasteiger partial charge >= 0.3 is 0 Å². The highest BCUT2D eigenvalue weighted by atomic mass is 35.5. The zero-order valence-corrected chi connectivity index (χ0v) is 8.84. The summed E-state index contributed by atoms with van der Waals surface area (Å²) in [6.45, 7) is 2.10.